The SMILES string of the molecule is CCC1CNC2(CCCCC2)CN1CC1CCCOC1. The third-order valence-electron chi connectivity index (χ3n) is 5.76. The Morgan fingerprint density at radius 1 is 1.20 bits per heavy atom. The number of piperazine rings is 1. The van der Waals surface area contributed by atoms with E-state index in [-0.39, 0.29) is 0 Å². The summed E-state index contributed by atoms with van der Waals surface area (Å²) in [6, 6.07) is 0.740. The van der Waals surface area contributed by atoms with Crippen molar-refractivity contribution in [3.63, 3.8) is 0 Å². The molecule has 3 fully saturated rings. The van der Waals surface area contributed by atoms with Crippen molar-refractivity contribution in [1.82, 2.24) is 10.2 Å². The van der Waals surface area contributed by atoms with E-state index in [1.54, 1.807) is 0 Å². The van der Waals surface area contributed by atoms with Crippen molar-refractivity contribution < 1.29 is 4.74 Å². The summed E-state index contributed by atoms with van der Waals surface area (Å²) in [5, 5.41) is 3.93. The summed E-state index contributed by atoms with van der Waals surface area (Å²) in [6.07, 6.45) is 11.0. The van der Waals surface area contributed by atoms with Crippen LogP contribution in [-0.2, 0) is 4.74 Å². The molecular weight excluding hydrogens is 248 g/mol. The fourth-order valence-electron chi connectivity index (χ4n) is 4.50. The van der Waals surface area contributed by atoms with Gasteiger partial charge in [0.2, 0.25) is 0 Å². The summed E-state index contributed by atoms with van der Waals surface area (Å²) in [7, 11) is 0. The topological polar surface area (TPSA) is 24.5 Å². The van der Waals surface area contributed by atoms with E-state index in [1.165, 1.54) is 71.0 Å². The zero-order valence-corrected chi connectivity index (χ0v) is 13.2. The van der Waals surface area contributed by atoms with Crippen LogP contribution in [0.5, 0.6) is 0 Å². The molecule has 0 aromatic heterocycles. The molecular formula is C17H32N2O. The van der Waals surface area contributed by atoms with Crippen LogP contribution in [0.25, 0.3) is 0 Å². The maximum Gasteiger partial charge on any atom is 0.0506 e. The quantitative estimate of drug-likeness (QED) is 0.860. The van der Waals surface area contributed by atoms with Crippen molar-refractivity contribution in [2.75, 3.05) is 32.8 Å². The molecule has 3 heteroatoms. The molecule has 116 valence electrons. The average Bonchev–Trinajstić information content (AvgIpc) is 2.49. The second-order valence-corrected chi connectivity index (χ2v) is 7.30. The molecule has 0 radical (unpaired) electrons. The van der Waals surface area contributed by atoms with E-state index in [0.29, 0.717) is 5.54 Å². The van der Waals surface area contributed by atoms with Crippen molar-refractivity contribution in [3.05, 3.63) is 0 Å². The number of ether oxygens (including phenoxy) is 1. The Morgan fingerprint density at radius 3 is 2.75 bits per heavy atom. The van der Waals surface area contributed by atoms with Crippen LogP contribution in [0.4, 0.5) is 0 Å². The molecule has 2 unspecified atom stereocenters. The molecule has 2 aliphatic heterocycles. The minimum atomic E-state index is 0.444. The average molecular weight is 280 g/mol. The highest BCUT2D eigenvalue weighted by molar-refractivity contribution is 4.99. The fraction of sp³-hybridized carbons (Fsp3) is 1.00. The molecule has 0 aromatic rings. The molecule has 3 aliphatic rings. The normalized spacial score (nSPS) is 35.2. The highest BCUT2D eigenvalue weighted by atomic mass is 16.5. The summed E-state index contributed by atoms with van der Waals surface area (Å²) in [6.45, 7) is 8.07. The monoisotopic (exact) mass is 280 g/mol. The van der Waals surface area contributed by atoms with Crippen molar-refractivity contribution in [1.29, 1.82) is 0 Å². The van der Waals surface area contributed by atoms with E-state index in [2.05, 4.69) is 17.1 Å². The molecule has 1 aliphatic carbocycles. The number of nitrogens with zero attached hydrogens (tertiary/aromatic N) is 1. The van der Waals surface area contributed by atoms with Gasteiger partial charge in [-0.3, -0.25) is 4.90 Å². The van der Waals surface area contributed by atoms with E-state index in [0.717, 1.165) is 25.2 Å². The Hall–Kier alpha value is -0.120. The Kier molecular flexibility index (Phi) is 5.00. The number of hydrogen-bond donors (Lipinski definition) is 1. The van der Waals surface area contributed by atoms with Crippen LogP contribution >= 0.6 is 0 Å². The summed E-state index contributed by atoms with van der Waals surface area (Å²) >= 11 is 0. The van der Waals surface area contributed by atoms with Gasteiger partial charge >= 0.3 is 0 Å². The molecule has 0 bridgehead atoms. The van der Waals surface area contributed by atoms with Crippen molar-refractivity contribution in [2.24, 2.45) is 5.92 Å². The number of rotatable bonds is 3. The van der Waals surface area contributed by atoms with Crippen molar-refractivity contribution in [2.45, 2.75) is 69.9 Å². The van der Waals surface area contributed by atoms with Gasteiger partial charge in [0, 0.05) is 37.8 Å². The Bertz CT molecular complexity index is 295. The van der Waals surface area contributed by atoms with E-state index in [9.17, 15) is 0 Å². The van der Waals surface area contributed by atoms with Crippen LogP contribution in [0, 0.1) is 5.92 Å². The minimum absolute atomic E-state index is 0.444. The highest BCUT2D eigenvalue weighted by Gasteiger charge is 2.39. The Morgan fingerprint density at radius 2 is 2.05 bits per heavy atom. The first-order valence-electron chi connectivity index (χ1n) is 8.88. The summed E-state index contributed by atoms with van der Waals surface area (Å²) < 4.78 is 5.69. The Balaban J connectivity index is 1.61. The van der Waals surface area contributed by atoms with E-state index < -0.39 is 0 Å². The molecule has 2 heterocycles. The van der Waals surface area contributed by atoms with E-state index in [1.807, 2.05) is 0 Å². The fourth-order valence-corrected chi connectivity index (χ4v) is 4.50. The zero-order chi connectivity index (χ0) is 13.8. The third-order valence-corrected chi connectivity index (χ3v) is 5.76. The zero-order valence-electron chi connectivity index (χ0n) is 13.2. The standard InChI is InChI=1S/C17H32N2O/c1-2-16-11-18-17(8-4-3-5-9-17)14-19(16)12-15-7-6-10-20-13-15/h15-16,18H,2-14H2,1H3. The van der Waals surface area contributed by atoms with Gasteiger partial charge < -0.3 is 10.1 Å². The summed E-state index contributed by atoms with van der Waals surface area (Å²) in [4.78, 5) is 2.81. The van der Waals surface area contributed by atoms with Crippen molar-refractivity contribution >= 4 is 0 Å². The maximum absolute atomic E-state index is 5.69. The van der Waals surface area contributed by atoms with E-state index >= 15 is 0 Å². The van der Waals surface area contributed by atoms with Crippen LogP contribution in [0.1, 0.15) is 58.3 Å². The third kappa shape index (κ3) is 3.37. The lowest BCUT2D eigenvalue weighted by Crippen LogP contribution is -2.65. The lowest BCUT2D eigenvalue weighted by Gasteiger charge is -2.50. The van der Waals surface area contributed by atoms with E-state index in [4.69, 9.17) is 4.74 Å². The highest BCUT2D eigenvalue weighted by Crippen LogP contribution is 2.33. The van der Waals surface area contributed by atoms with Crippen LogP contribution in [0.2, 0.25) is 0 Å². The first kappa shape index (κ1) is 14.8. The van der Waals surface area contributed by atoms with Gasteiger partial charge in [-0.2, -0.15) is 0 Å². The van der Waals surface area contributed by atoms with Gasteiger partial charge in [0.15, 0.2) is 0 Å². The van der Waals surface area contributed by atoms with Crippen LogP contribution in [0.15, 0.2) is 0 Å². The summed E-state index contributed by atoms with van der Waals surface area (Å²) in [5.41, 5.74) is 0.444. The van der Waals surface area contributed by atoms with Crippen LogP contribution in [0.3, 0.4) is 0 Å². The lowest BCUT2D eigenvalue weighted by molar-refractivity contribution is 0.00194. The van der Waals surface area contributed by atoms with Gasteiger partial charge in [0.25, 0.3) is 0 Å². The molecule has 20 heavy (non-hydrogen) atoms. The first-order chi connectivity index (χ1) is 9.81. The molecule has 3 nitrogen and oxygen atoms in total. The minimum Gasteiger partial charge on any atom is -0.381 e. The first-order valence-corrected chi connectivity index (χ1v) is 8.88. The van der Waals surface area contributed by atoms with Gasteiger partial charge in [-0.05, 0) is 38.0 Å². The van der Waals surface area contributed by atoms with Crippen LogP contribution in [-0.4, -0.2) is 49.3 Å². The molecule has 0 amide bonds. The number of nitrogens with one attached hydrogen (secondary N) is 1. The van der Waals surface area contributed by atoms with Gasteiger partial charge in [-0.15, -0.1) is 0 Å². The molecule has 0 aromatic carbocycles. The van der Waals surface area contributed by atoms with Crippen LogP contribution < -0.4 is 5.32 Å². The predicted molar refractivity (Wildman–Crippen MR) is 83.0 cm³/mol. The van der Waals surface area contributed by atoms with Gasteiger partial charge in [0.05, 0.1) is 6.61 Å². The largest absolute Gasteiger partial charge is 0.381 e. The number of hydrogen-bond acceptors (Lipinski definition) is 3. The molecule has 2 atom stereocenters. The molecule has 3 rings (SSSR count). The lowest BCUT2D eigenvalue weighted by atomic mass is 9.79. The van der Waals surface area contributed by atoms with Crippen molar-refractivity contribution in [3.8, 4) is 0 Å². The molecule has 1 N–H and O–H groups in total. The van der Waals surface area contributed by atoms with Gasteiger partial charge in [-0.25, -0.2) is 0 Å². The second kappa shape index (κ2) is 6.76. The molecule has 1 saturated carbocycles. The smallest absolute Gasteiger partial charge is 0.0506 e. The predicted octanol–water partition coefficient (Wildman–Crippen LogP) is 2.80. The second-order valence-electron chi connectivity index (χ2n) is 7.30. The Labute approximate surface area is 124 Å². The molecule has 1 spiro atoms. The summed E-state index contributed by atoms with van der Waals surface area (Å²) in [5.74, 6) is 0.775. The van der Waals surface area contributed by atoms with Gasteiger partial charge in [-0.1, -0.05) is 26.2 Å². The van der Waals surface area contributed by atoms with Gasteiger partial charge in [0.1, 0.15) is 0 Å². The maximum atomic E-state index is 5.69. The molecule has 2 saturated heterocycles.